The van der Waals surface area contributed by atoms with Gasteiger partial charge in [-0.2, -0.15) is 5.10 Å². The first kappa shape index (κ1) is 15.8. The molecule has 1 amide bonds. The van der Waals surface area contributed by atoms with Crippen LogP contribution in [0.4, 0.5) is 8.78 Å². The van der Waals surface area contributed by atoms with Crippen LogP contribution in [-0.4, -0.2) is 21.2 Å². The lowest BCUT2D eigenvalue weighted by molar-refractivity contribution is -0.127. The molecule has 4 nitrogen and oxygen atoms in total. The first-order valence-corrected chi connectivity index (χ1v) is 9.66. The van der Waals surface area contributed by atoms with Gasteiger partial charge in [0.2, 0.25) is 5.91 Å². The van der Waals surface area contributed by atoms with Crippen LogP contribution in [0.5, 0.6) is 0 Å². The molecule has 5 aliphatic rings. The van der Waals surface area contributed by atoms with Gasteiger partial charge < -0.3 is 5.32 Å². The van der Waals surface area contributed by atoms with Crippen molar-refractivity contribution in [2.24, 2.45) is 17.8 Å². The zero-order chi connectivity index (χ0) is 17.2. The molecule has 0 saturated heterocycles. The van der Waals surface area contributed by atoms with Gasteiger partial charge >= 0.3 is 0 Å². The average Bonchev–Trinajstić information content (AvgIpc) is 3.26. The van der Waals surface area contributed by atoms with Gasteiger partial charge in [0.25, 0.3) is 6.43 Å². The minimum atomic E-state index is -2.58. The number of nitrogens with zero attached hydrogens (tertiary/aromatic N) is 2. The molecule has 25 heavy (non-hydrogen) atoms. The number of alkyl halides is 2. The van der Waals surface area contributed by atoms with Crippen molar-refractivity contribution < 1.29 is 13.6 Å². The number of hydrogen-bond acceptors (Lipinski definition) is 2. The van der Waals surface area contributed by atoms with Crippen LogP contribution in [0.3, 0.4) is 0 Å². The number of nitrogens with one attached hydrogen (secondary N) is 1. The van der Waals surface area contributed by atoms with E-state index < -0.39 is 6.43 Å². The molecule has 136 valence electrons. The molecule has 5 fully saturated rings. The molecular formula is C19H25F2N3O. The lowest BCUT2D eigenvalue weighted by Crippen LogP contribution is -2.60. The second kappa shape index (κ2) is 5.52. The predicted octanol–water partition coefficient (Wildman–Crippen LogP) is 3.78. The van der Waals surface area contributed by atoms with Gasteiger partial charge in [-0.1, -0.05) is 0 Å². The molecule has 0 atom stereocenters. The summed E-state index contributed by atoms with van der Waals surface area (Å²) in [5.41, 5.74) is 0.560. The fourth-order valence-electron chi connectivity index (χ4n) is 6.13. The van der Waals surface area contributed by atoms with Gasteiger partial charge in [-0.15, -0.1) is 0 Å². The highest BCUT2D eigenvalue weighted by atomic mass is 19.3. The number of aromatic nitrogens is 2. The molecule has 0 aliphatic heterocycles. The van der Waals surface area contributed by atoms with Gasteiger partial charge in [-0.3, -0.25) is 9.48 Å². The van der Waals surface area contributed by atoms with Crippen molar-refractivity contribution in [2.75, 3.05) is 0 Å². The highest BCUT2D eigenvalue weighted by Crippen LogP contribution is 2.55. The molecule has 6 rings (SSSR count). The lowest BCUT2D eigenvalue weighted by atomic mass is 9.53. The Kier molecular flexibility index (Phi) is 3.48. The third-order valence-electron chi connectivity index (χ3n) is 6.79. The molecule has 5 saturated carbocycles. The van der Waals surface area contributed by atoms with Gasteiger partial charge in [0.05, 0.1) is 0 Å². The van der Waals surface area contributed by atoms with E-state index >= 15 is 0 Å². The van der Waals surface area contributed by atoms with Gasteiger partial charge in [0.1, 0.15) is 12.2 Å². The molecule has 0 unspecified atom stereocenters. The zero-order valence-corrected chi connectivity index (χ0v) is 14.4. The van der Waals surface area contributed by atoms with Gasteiger partial charge in [-0.25, -0.2) is 8.78 Å². The molecule has 5 aliphatic carbocycles. The van der Waals surface area contributed by atoms with E-state index in [0.29, 0.717) is 5.92 Å². The lowest BCUT2D eigenvalue weighted by Gasteiger charge is -2.56. The molecule has 1 aromatic rings. The molecule has 0 spiro atoms. The number of carbonyl (C=O) groups is 1. The van der Waals surface area contributed by atoms with Crippen molar-refractivity contribution in [3.63, 3.8) is 0 Å². The summed E-state index contributed by atoms with van der Waals surface area (Å²) in [5.74, 6) is 2.54. The van der Waals surface area contributed by atoms with Crippen LogP contribution in [0.1, 0.15) is 75.1 Å². The van der Waals surface area contributed by atoms with E-state index in [1.54, 1.807) is 0 Å². The van der Waals surface area contributed by atoms with Crippen LogP contribution in [0, 0.1) is 17.8 Å². The van der Waals surface area contributed by atoms with E-state index in [9.17, 15) is 13.6 Å². The minimum absolute atomic E-state index is 0.0374. The Balaban J connectivity index is 1.31. The van der Waals surface area contributed by atoms with Crippen LogP contribution < -0.4 is 5.32 Å². The molecule has 0 aromatic carbocycles. The van der Waals surface area contributed by atoms with Gasteiger partial charge in [-0.05, 0) is 75.2 Å². The summed E-state index contributed by atoms with van der Waals surface area (Å²) < 4.78 is 27.5. The summed E-state index contributed by atoms with van der Waals surface area (Å²) >= 11 is 0. The maximum atomic E-state index is 13.0. The number of amides is 1. The Morgan fingerprint density at radius 1 is 1.20 bits per heavy atom. The molecule has 4 bridgehead atoms. The number of hydrogen-bond donors (Lipinski definition) is 1. The summed E-state index contributed by atoms with van der Waals surface area (Å²) in [5, 5.41) is 7.32. The van der Waals surface area contributed by atoms with E-state index in [4.69, 9.17) is 0 Å². The smallest absolute Gasteiger partial charge is 0.282 e. The molecule has 1 N–H and O–H groups in total. The van der Waals surface area contributed by atoms with Crippen molar-refractivity contribution in [3.05, 3.63) is 17.5 Å². The van der Waals surface area contributed by atoms with Crippen LogP contribution in [0.25, 0.3) is 0 Å². The Bertz CT molecular complexity index is 660. The first-order chi connectivity index (χ1) is 12.0. The third kappa shape index (κ3) is 2.87. The van der Waals surface area contributed by atoms with E-state index in [-0.39, 0.29) is 23.7 Å². The van der Waals surface area contributed by atoms with E-state index in [2.05, 4.69) is 10.4 Å². The van der Waals surface area contributed by atoms with E-state index in [0.717, 1.165) is 55.6 Å². The molecule has 1 heterocycles. The fourth-order valence-corrected chi connectivity index (χ4v) is 6.13. The zero-order valence-electron chi connectivity index (χ0n) is 14.4. The highest BCUT2D eigenvalue weighted by Gasteiger charge is 2.51. The molecular weight excluding hydrogens is 324 g/mol. The quantitative estimate of drug-likeness (QED) is 0.879. The predicted molar refractivity (Wildman–Crippen MR) is 88.2 cm³/mol. The number of carbonyl (C=O) groups excluding carboxylic acids is 1. The van der Waals surface area contributed by atoms with Crippen molar-refractivity contribution >= 4 is 5.91 Å². The largest absolute Gasteiger partial charge is 0.349 e. The second-order valence-corrected chi connectivity index (χ2v) is 8.97. The minimum Gasteiger partial charge on any atom is -0.349 e. The van der Waals surface area contributed by atoms with Crippen LogP contribution >= 0.6 is 0 Å². The summed E-state index contributed by atoms with van der Waals surface area (Å²) in [7, 11) is 0. The third-order valence-corrected chi connectivity index (χ3v) is 6.79. The molecule has 1 aromatic heterocycles. The normalized spacial score (nSPS) is 36.2. The Labute approximate surface area is 146 Å². The van der Waals surface area contributed by atoms with Crippen molar-refractivity contribution in [1.29, 1.82) is 0 Å². The maximum absolute atomic E-state index is 13.0. The maximum Gasteiger partial charge on any atom is 0.282 e. The Hall–Kier alpha value is -1.46. The van der Waals surface area contributed by atoms with E-state index in [1.807, 2.05) is 0 Å². The van der Waals surface area contributed by atoms with Crippen molar-refractivity contribution in [3.8, 4) is 0 Å². The number of halogens is 2. The van der Waals surface area contributed by atoms with Crippen LogP contribution in [-0.2, 0) is 11.3 Å². The van der Waals surface area contributed by atoms with Crippen LogP contribution in [0.2, 0.25) is 0 Å². The van der Waals surface area contributed by atoms with Crippen LogP contribution in [0.15, 0.2) is 6.07 Å². The Morgan fingerprint density at radius 2 is 1.80 bits per heavy atom. The van der Waals surface area contributed by atoms with E-state index in [1.165, 1.54) is 30.0 Å². The summed E-state index contributed by atoms with van der Waals surface area (Å²) in [6, 6.07) is 1.49. The second-order valence-electron chi connectivity index (χ2n) is 8.97. The van der Waals surface area contributed by atoms with Crippen molar-refractivity contribution in [1.82, 2.24) is 15.1 Å². The van der Waals surface area contributed by atoms with Gasteiger partial charge in [0.15, 0.2) is 0 Å². The number of rotatable bonds is 5. The van der Waals surface area contributed by atoms with Crippen molar-refractivity contribution in [2.45, 2.75) is 75.8 Å². The van der Waals surface area contributed by atoms with Gasteiger partial charge in [0, 0.05) is 17.2 Å². The highest BCUT2D eigenvalue weighted by molar-refractivity contribution is 5.76. The average molecular weight is 349 g/mol. The molecule has 6 heteroatoms. The first-order valence-electron chi connectivity index (χ1n) is 9.66. The Morgan fingerprint density at radius 3 is 2.32 bits per heavy atom. The summed E-state index contributed by atoms with van der Waals surface area (Å²) in [6.07, 6.45) is 6.72. The monoisotopic (exact) mass is 349 g/mol. The summed E-state index contributed by atoms with van der Waals surface area (Å²) in [4.78, 5) is 12.7. The topological polar surface area (TPSA) is 46.9 Å². The fraction of sp³-hybridized carbons (Fsp3) is 0.789. The molecule has 0 radical (unpaired) electrons. The SMILES string of the molecule is O=C(Cn1nc(C(F)F)cc1C1CC1)NC12CC3CC(CC(C3)C1)C2. The standard InChI is InChI=1S/C19H25F2N3O/c20-18(21)15-6-16(14-1-2-14)24(23-15)10-17(25)22-19-7-11-3-12(8-19)5-13(4-11)9-19/h6,11-14,18H,1-5,7-10H2,(H,22,25). The summed E-state index contributed by atoms with van der Waals surface area (Å²) in [6.45, 7) is 0.0697.